The maximum absolute atomic E-state index is 16.1. The summed E-state index contributed by atoms with van der Waals surface area (Å²) in [6, 6.07) is 19.5. The van der Waals surface area contributed by atoms with E-state index in [9.17, 15) is 29.1 Å². The van der Waals surface area contributed by atoms with E-state index in [0.29, 0.717) is 17.7 Å². The molecule has 6 aromatic rings. The van der Waals surface area contributed by atoms with Crippen LogP contribution >= 0.6 is 11.3 Å². The van der Waals surface area contributed by atoms with Crippen molar-refractivity contribution in [3.05, 3.63) is 141 Å². The van der Waals surface area contributed by atoms with Crippen LogP contribution in [-0.4, -0.2) is 155 Å². The number of hydrogen-bond acceptors (Lipinski definition) is 13. The number of alkyl halides is 1. The molecule has 0 bridgehead atoms. The molecule has 0 saturated carbocycles. The molecule has 17 nitrogen and oxygen atoms in total. The second-order valence-electron chi connectivity index (χ2n) is 22.8. The lowest BCUT2D eigenvalue weighted by Crippen LogP contribution is -2.58. The Morgan fingerprint density at radius 2 is 1.48 bits per heavy atom. The van der Waals surface area contributed by atoms with Gasteiger partial charge in [0, 0.05) is 59.8 Å². The Bertz CT molecular complexity index is 3250. The first-order valence-electron chi connectivity index (χ1n) is 27.5. The van der Waals surface area contributed by atoms with E-state index in [2.05, 4.69) is 20.6 Å². The van der Waals surface area contributed by atoms with Crippen LogP contribution in [0.4, 0.5) is 13.2 Å². The fourth-order valence-electron chi connectivity index (χ4n) is 11.1. The number of halogens is 3. The van der Waals surface area contributed by atoms with E-state index in [1.165, 1.54) is 30.1 Å². The molecule has 0 spiro atoms. The number of amides is 5. The Hall–Kier alpha value is -7.01. The first-order valence-corrected chi connectivity index (χ1v) is 28.4. The fourth-order valence-corrected chi connectivity index (χ4v) is 11.9. The van der Waals surface area contributed by atoms with Gasteiger partial charge in [-0.2, -0.15) is 0 Å². The van der Waals surface area contributed by atoms with E-state index in [-0.39, 0.29) is 94.2 Å². The van der Waals surface area contributed by atoms with Gasteiger partial charge in [-0.1, -0.05) is 75.4 Å². The van der Waals surface area contributed by atoms with Gasteiger partial charge in [-0.3, -0.25) is 33.8 Å². The molecule has 5 amide bonds. The number of benzene rings is 4. The molecule has 21 heteroatoms. The second-order valence-corrected chi connectivity index (χ2v) is 23.7. The molecule has 3 aliphatic rings. The third-order valence-corrected chi connectivity index (χ3v) is 16.0. The van der Waals surface area contributed by atoms with Crippen molar-refractivity contribution in [2.24, 2.45) is 5.41 Å². The Morgan fingerprint density at radius 1 is 0.854 bits per heavy atom. The molecule has 1 saturated heterocycles. The maximum Gasteiger partial charge on any atom is 0.261 e. The number of carbonyl (C=O) groups is 5. The number of hydrogen-bond donors (Lipinski definition) is 4. The number of aliphatic hydroxyl groups excluding tert-OH is 1. The van der Waals surface area contributed by atoms with Crippen LogP contribution in [0.5, 0.6) is 5.75 Å². The number of β-amino-alcohol motifs (C(OH)–C–C–N with tert-alkyl or cyclic N) is 1. The lowest BCUT2D eigenvalue weighted by Gasteiger charge is -2.43. The van der Waals surface area contributed by atoms with Crippen LogP contribution in [-0.2, 0) is 35.0 Å². The molecule has 1 fully saturated rings. The van der Waals surface area contributed by atoms with Crippen molar-refractivity contribution in [2.75, 3.05) is 65.9 Å². The predicted octanol–water partition coefficient (Wildman–Crippen LogP) is 8.04. The number of nitrogens with one attached hydrogen (secondary N) is 3. The topological polar surface area (TPSA) is 205 Å². The summed E-state index contributed by atoms with van der Waals surface area (Å²) < 4.78 is 69.8. The van der Waals surface area contributed by atoms with Crippen molar-refractivity contribution in [2.45, 2.75) is 103 Å². The molecule has 4 aromatic carbocycles. The van der Waals surface area contributed by atoms with Gasteiger partial charge in [-0.15, -0.1) is 11.3 Å². The Balaban J connectivity index is 0.729. The SMILES string of the molecule is Cc1ncsc1-c1ccc([C@@H](CN2C(=O)c3ccccc3C2=O)NC(=O)[C@@H]2C[C@@H](O)CN2C(=O)[C@@H](NC(=O)COCCOCCOCCOc2cc(F)c([C@@H]3c4[nH]c5ccccc5c4C[C@@H](C)N3CC(C)(C)F)c(F)c2)C(C)(C)C)cc1. The van der Waals surface area contributed by atoms with Crippen molar-refractivity contribution in [3.8, 4) is 16.2 Å². The molecule has 2 aromatic heterocycles. The summed E-state index contributed by atoms with van der Waals surface area (Å²) in [4.78, 5) is 82.0. The molecule has 3 aliphatic heterocycles. The van der Waals surface area contributed by atoms with Crippen molar-refractivity contribution in [1.29, 1.82) is 0 Å². The second kappa shape index (κ2) is 25.2. The summed E-state index contributed by atoms with van der Waals surface area (Å²) in [5.74, 6) is -4.46. The third-order valence-electron chi connectivity index (χ3n) is 15.0. The Kier molecular flexibility index (Phi) is 18.3. The number of para-hydroxylation sites is 1. The zero-order valence-corrected chi connectivity index (χ0v) is 47.9. The third kappa shape index (κ3) is 13.4. The number of fused-ring (bicyclic) bond motifs is 4. The number of imide groups is 1. The summed E-state index contributed by atoms with van der Waals surface area (Å²) in [7, 11) is 0. The molecule has 436 valence electrons. The molecule has 0 aliphatic carbocycles. The zero-order chi connectivity index (χ0) is 58.6. The number of aryl methyl sites for hydroxylation is 1. The van der Waals surface area contributed by atoms with Crippen LogP contribution in [0.15, 0.2) is 90.4 Å². The molecular weight excluding hydrogens is 1080 g/mol. The predicted molar refractivity (Wildman–Crippen MR) is 302 cm³/mol. The number of aromatic nitrogens is 2. The minimum absolute atomic E-state index is 0.0127. The van der Waals surface area contributed by atoms with E-state index >= 15 is 13.2 Å². The molecule has 0 radical (unpaired) electrons. The number of aliphatic hydroxyl groups is 1. The number of carbonyl (C=O) groups excluding carboxylic acids is 5. The van der Waals surface area contributed by atoms with Crippen LogP contribution in [0.3, 0.4) is 0 Å². The highest BCUT2D eigenvalue weighted by molar-refractivity contribution is 7.13. The van der Waals surface area contributed by atoms with Crippen LogP contribution in [0, 0.1) is 24.0 Å². The number of likely N-dealkylation sites (tertiary alicyclic amines) is 1. The summed E-state index contributed by atoms with van der Waals surface area (Å²) in [6.07, 6.45) is -0.565. The summed E-state index contributed by atoms with van der Waals surface area (Å²) in [5, 5.41) is 17.6. The highest BCUT2D eigenvalue weighted by atomic mass is 32.1. The number of aromatic amines is 1. The average molecular weight is 1150 g/mol. The average Bonchev–Trinajstić information content (AvgIpc) is 2.57. The summed E-state index contributed by atoms with van der Waals surface area (Å²) >= 11 is 1.48. The number of thiazole rings is 1. The Labute approximate surface area is 478 Å². The highest BCUT2D eigenvalue weighted by Crippen LogP contribution is 2.44. The van der Waals surface area contributed by atoms with Crippen LogP contribution in [0.2, 0.25) is 0 Å². The van der Waals surface area contributed by atoms with Crippen LogP contribution in [0.1, 0.15) is 109 Å². The molecule has 9 rings (SSSR count). The van der Waals surface area contributed by atoms with Gasteiger partial charge in [0.2, 0.25) is 17.7 Å². The maximum atomic E-state index is 16.1. The van der Waals surface area contributed by atoms with Gasteiger partial charge in [-0.25, -0.2) is 18.2 Å². The van der Waals surface area contributed by atoms with E-state index in [4.69, 9.17) is 18.9 Å². The first kappa shape index (κ1) is 59.6. The lowest BCUT2D eigenvalue weighted by molar-refractivity contribution is -0.144. The quantitative estimate of drug-likeness (QED) is 0.0356. The van der Waals surface area contributed by atoms with Crippen LogP contribution < -0.4 is 15.4 Å². The highest BCUT2D eigenvalue weighted by Gasteiger charge is 2.46. The van der Waals surface area contributed by atoms with Crippen molar-refractivity contribution in [3.63, 3.8) is 0 Å². The van der Waals surface area contributed by atoms with Gasteiger partial charge in [-0.05, 0) is 74.4 Å². The van der Waals surface area contributed by atoms with Gasteiger partial charge in [0.25, 0.3) is 11.8 Å². The monoisotopic (exact) mass is 1150 g/mol. The first-order chi connectivity index (χ1) is 39.1. The van der Waals surface area contributed by atoms with E-state index in [1.54, 1.807) is 62.7 Å². The van der Waals surface area contributed by atoms with E-state index in [1.807, 2.05) is 55.1 Å². The van der Waals surface area contributed by atoms with Crippen molar-refractivity contribution >= 4 is 51.8 Å². The summed E-state index contributed by atoms with van der Waals surface area (Å²) in [5.41, 5.74) is 4.36. The minimum Gasteiger partial charge on any atom is -0.491 e. The fraction of sp³-hybridized carbons (Fsp3) is 0.443. The standard InChI is InChI=1S/C61H70F3N7O10S/c1-35-26-44-41-12-10-11-15-47(41)66-52(44)53(71(35)33-61(6,7)64)51-45(62)28-40(29-46(51)63)81-25-24-79-21-20-78-22-23-80-32-50(73)68-55(60(3,4)5)59(77)69-30-39(72)27-49(69)56(74)67-48(31-70-57(75)42-13-8-9-14-43(42)58(70)76)37-16-18-38(19-17-37)54-36(2)65-34-82-54/h8-19,28-29,34-35,39,48-49,53,55,66,72H,20-27,30-33H2,1-7H3,(H,67,74)(H,68,73)/t35-,39-,48-,49+,53-,55-/m1/s1. The number of rotatable bonds is 23. The normalized spacial score (nSPS) is 19.1. The lowest BCUT2D eigenvalue weighted by atomic mass is 9.85. The molecule has 6 atom stereocenters. The largest absolute Gasteiger partial charge is 0.491 e. The molecule has 5 heterocycles. The van der Waals surface area contributed by atoms with Crippen molar-refractivity contribution < 1.29 is 61.2 Å². The van der Waals surface area contributed by atoms with Gasteiger partial charge >= 0.3 is 0 Å². The minimum atomic E-state index is -1.63. The smallest absolute Gasteiger partial charge is 0.261 e. The molecule has 4 N–H and O–H groups in total. The molecule has 0 unspecified atom stereocenters. The van der Waals surface area contributed by atoms with Gasteiger partial charge in [0.05, 0.1) is 85.0 Å². The summed E-state index contributed by atoms with van der Waals surface area (Å²) in [6.45, 7) is 11.7. The zero-order valence-electron chi connectivity index (χ0n) is 47.1. The van der Waals surface area contributed by atoms with E-state index < -0.39 is 89.1 Å². The van der Waals surface area contributed by atoms with Crippen LogP contribution in [0.25, 0.3) is 21.3 Å². The van der Waals surface area contributed by atoms with E-state index in [0.717, 1.165) is 49.6 Å². The van der Waals surface area contributed by atoms with Gasteiger partial charge in [0.1, 0.15) is 48.4 Å². The number of H-pyrrole nitrogens is 1. The number of nitrogens with zero attached hydrogens (tertiary/aromatic N) is 4. The van der Waals surface area contributed by atoms with Gasteiger partial charge < -0.3 is 44.6 Å². The molecule has 82 heavy (non-hydrogen) atoms. The number of ether oxygens (including phenoxy) is 4. The van der Waals surface area contributed by atoms with Gasteiger partial charge in [0.15, 0.2) is 0 Å². The molecular formula is C61H70F3N7O10S. The Morgan fingerprint density at radius 3 is 2.10 bits per heavy atom. The van der Waals surface area contributed by atoms with Crippen molar-refractivity contribution in [1.82, 2.24) is 35.3 Å².